The molecule has 3 heterocycles. The van der Waals surface area contributed by atoms with Crippen LogP contribution in [0.2, 0.25) is 0 Å². The molecule has 1 N–H and O–H groups in total. The van der Waals surface area contributed by atoms with Crippen molar-refractivity contribution in [3.05, 3.63) is 40.3 Å². The number of aromatic nitrogens is 2. The van der Waals surface area contributed by atoms with Crippen LogP contribution in [-0.2, 0) is 12.1 Å². The maximum absolute atomic E-state index is 12.4. The summed E-state index contributed by atoms with van der Waals surface area (Å²) in [6, 6.07) is 4.31. The van der Waals surface area contributed by atoms with Crippen molar-refractivity contribution in [3.63, 3.8) is 0 Å². The lowest BCUT2D eigenvalue weighted by atomic mass is 9.98. The van der Waals surface area contributed by atoms with E-state index in [1.165, 1.54) is 17.7 Å². The molecule has 2 aromatic heterocycles. The quantitative estimate of drug-likeness (QED) is 0.890. The minimum absolute atomic E-state index is 0.0223. The third-order valence-corrected chi connectivity index (χ3v) is 5.51. The van der Waals surface area contributed by atoms with E-state index < -0.39 is 0 Å². The van der Waals surface area contributed by atoms with Crippen molar-refractivity contribution >= 4 is 17.2 Å². The van der Waals surface area contributed by atoms with Gasteiger partial charge in [-0.05, 0) is 57.5 Å². The van der Waals surface area contributed by atoms with E-state index in [0.717, 1.165) is 26.2 Å². The van der Waals surface area contributed by atoms with Gasteiger partial charge in [0.1, 0.15) is 0 Å². The van der Waals surface area contributed by atoms with E-state index in [9.17, 15) is 4.79 Å². The number of amides is 1. The van der Waals surface area contributed by atoms with Crippen LogP contribution in [-0.4, -0.2) is 40.2 Å². The highest BCUT2D eigenvalue weighted by molar-refractivity contribution is 7.09. The van der Waals surface area contributed by atoms with Crippen LogP contribution >= 0.6 is 11.3 Å². The van der Waals surface area contributed by atoms with Gasteiger partial charge < -0.3 is 5.32 Å². The Hall–Kier alpha value is -1.66. The van der Waals surface area contributed by atoms with Crippen LogP contribution in [0.1, 0.15) is 48.8 Å². The second-order valence-electron chi connectivity index (χ2n) is 7.88. The standard InChI is InChI=1S/C19H28N4OS/c1-19(2,3)23-13-16(11-21-23)18(24)20-10-15-6-4-8-22(12-15)14-17-7-5-9-25-17/h5,7,9,11,13,15H,4,6,8,10,12,14H2,1-3H3,(H,20,24). The van der Waals surface area contributed by atoms with Crippen molar-refractivity contribution < 1.29 is 4.79 Å². The Balaban J connectivity index is 1.49. The molecule has 0 aliphatic carbocycles. The summed E-state index contributed by atoms with van der Waals surface area (Å²) in [5.41, 5.74) is 0.533. The Morgan fingerprint density at radius 1 is 1.44 bits per heavy atom. The van der Waals surface area contributed by atoms with Gasteiger partial charge in [-0.1, -0.05) is 6.07 Å². The minimum Gasteiger partial charge on any atom is -0.352 e. The molecule has 1 saturated heterocycles. The summed E-state index contributed by atoms with van der Waals surface area (Å²) >= 11 is 1.82. The zero-order valence-electron chi connectivity index (χ0n) is 15.4. The monoisotopic (exact) mass is 360 g/mol. The van der Waals surface area contributed by atoms with E-state index >= 15 is 0 Å². The molecule has 1 aliphatic heterocycles. The normalized spacial score (nSPS) is 19.1. The molecule has 0 spiro atoms. The molecule has 1 unspecified atom stereocenters. The van der Waals surface area contributed by atoms with Crippen LogP contribution < -0.4 is 5.32 Å². The SMILES string of the molecule is CC(C)(C)n1cc(C(=O)NCC2CCCN(Cc3cccs3)C2)cn1. The summed E-state index contributed by atoms with van der Waals surface area (Å²) in [7, 11) is 0. The Kier molecular flexibility index (Phi) is 5.59. The molecule has 3 rings (SSSR count). The zero-order chi connectivity index (χ0) is 17.9. The fourth-order valence-corrected chi connectivity index (χ4v) is 3.98. The molecule has 2 aromatic rings. The molecular weight excluding hydrogens is 332 g/mol. The van der Waals surface area contributed by atoms with Crippen molar-refractivity contribution in [2.45, 2.75) is 45.7 Å². The zero-order valence-corrected chi connectivity index (χ0v) is 16.2. The molecule has 0 aromatic carbocycles. The molecular formula is C19H28N4OS. The second-order valence-corrected chi connectivity index (χ2v) is 8.91. The minimum atomic E-state index is -0.107. The number of piperidine rings is 1. The average molecular weight is 361 g/mol. The molecule has 1 atom stereocenters. The highest BCUT2D eigenvalue weighted by atomic mass is 32.1. The maximum atomic E-state index is 12.4. The number of hydrogen-bond acceptors (Lipinski definition) is 4. The van der Waals surface area contributed by atoms with Gasteiger partial charge in [0.05, 0.1) is 17.3 Å². The van der Waals surface area contributed by atoms with E-state index in [4.69, 9.17) is 0 Å². The smallest absolute Gasteiger partial charge is 0.254 e. The molecule has 5 nitrogen and oxygen atoms in total. The Morgan fingerprint density at radius 3 is 2.96 bits per heavy atom. The number of likely N-dealkylation sites (tertiary alicyclic amines) is 1. The van der Waals surface area contributed by atoms with Crippen molar-refractivity contribution in [2.24, 2.45) is 5.92 Å². The number of thiophene rings is 1. The topological polar surface area (TPSA) is 50.2 Å². The van der Waals surface area contributed by atoms with Crippen LogP contribution in [0, 0.1) is 5.92 Å². The Bertz CT molecular complexity index is 687. The summed E-state index contributed by atoms with van der Waals surface area (Å²) in [4.78, 5) is 16.3. The third-order valence-electron chi connectivity index (χ3n) is 4.65. The van der Waals surface area contributed by atoms with Gasteiger partial charge in [0, 0.05) is 30.7 Å². The van der Waals surface area contributed by atoms with Crippen LogP contribution in [0.3, 0.4) is 0 Å². The lowest BCUT2D eigenvalue weighted by Crippen LogP contribution is -2.40. The van der Waals surface area contributed by atoms with Gasteiger partial charge in [-0.3, -0.25) is 14.4 Å². The first-order valence-electron chi connectivity index (χ1n) is 9.00. The number of rotatable bonds is 5. The second kappa shape index (κ2) is 7.70. The molecule has 0 radical (unpaired) electrons. The van der Waals surface area contributed by atoms with Gasteiger partial charge in [-0.2, -0.15) is 5.10 Å². The number of nitrogens with zero attached hydrogens (tertiary/aromatic N) is 3. The van der Waals surface area contributed by atoms with Gasteiger partial charge in [-0.25, -0.2) is 0 Å². The van der Waals surface area contributed by atoms with Crippen LogP contribution in [0.15, 0.2) is 29.9 Å². The number of hydrogen-bond donors (Lipinski definition) is 1. The summed E-state index contributed by atoms with van der Waals surface area (Å²) in [5, 5.41) is 9.54. The van der Waals surface area contributed by atoms with Crippen LogP contribution in [0.4, 0.5) is 0 Å². The van der Waals surface area contributed by atoms with Crippen molar-refractivity contribution in [3.8, 4) is 0 Å². The van der Waals surface area contributed by atoms with Gasteiger partial charge >= 0.3 is 0 Å². The van der Waals surface area contributed by atoms with Gasteiger partial charge in [0.25, 0.3) is 5.91 Å². The van der Waals surface area contributed by atoms with Crippen LogP contribution in [0.25, 0.3) is 0 Å². The predicted octanol–water partition coefficient (Wildman–Crippen LogP) is 3.34. The molecule has 1 aliphatic rings. The van der Waals surface area contributed by atoms with E-state index in [1.807, 2.05) is 22.2 Å². The molecule has 6 heteroatoms. The Labute approximate surface area is 154 Å². The molecule has 0 saturated carbocycles. The number of carbonyl (C=O) groups excluding carboxylic acids is 1. The van der Waals surface area contributed by atoms with Crippen molar-refractivity contribution in [1.82, 2.24) is 20.0 Å². The number of nitrogens with one attached hydrogen (secondary N) is 1. The molecule has 0 bridgehead atoms. The largest absolute Gasteiger partial charge is 0.352 e. The van der Waals surface area contributed by atoms with Gasteiger partial charge in [0.2, 0.25) is 0 Å². The lowest BCUT2D eigenvalue weighted by Gasteiger charge is -2.32. The summed E-state index contributed by atoms with van der Waals surface area (Å²) in [5.74, 6) is 0.501. The highest BCUT2D eigenvalue weighted by Gasteiger charge is 2.22. The summed E-state index contributed by atoms with van der Waals surface area (Å²) < 4.78 is 1.84. The highest BCUT2D eigenvalue weighted by Crippen LogP contribution is 2.20. The first kappa shape index (κ1) is 18.1. The molecule has 136 valence electrons. The fourth-order valence-electron chi connectivity index (χ4n) is 3.23. The van der Waals surface area contributed by atoms with E-state index in [1.54, 1.807) is 6.20 Å². The van der Waals surface area contributed by atoms with Gasteiger partial charge in [-0.15, -0.1) is 11.3 Å². The van der Waals surface area contributed by atoms with E-state index in [2.05, 4.69) is 53.6 Å². The van der Waals surface area contributed by atoms with Crippen molar-refractivity contribution in [2.75, 3.05) is 19.6 Å². The third kappa shape index (κ3) is 4.92. The van der Waals surface area contributed by atoms with Gasteiger partial charge in [0.15, 0.2) is 0 Å². The van der Waals surface area contributed by atoms with E-state index in [-0.39, 0.29) is 11.4 Å². The fraction of sp³-hybridized carbons (Fsp3) is 0.579. The maximum Gasteiger partial charge on any atom is 0.254 e. The Morgan fingerprint density at radius 2 is 2.28 bits per heavy atom. The first-order chi connectivity index (χ1) is 11.9. The van der Waals surface area contributed by atoms with E-state index in [0.29, 0.717) is 11.5 Å². The number of carbonyl (C=O) groups is 1. The first-order valence-corrected chi connectivity index (χ1v) is 9.88. The lowest BCUT2D eigenvalue weighted by molar-refractivity contribution is 0.0930. The average Bonchev–Trinajstić information content (AvgIpc) is 3.24. The predicted molar refractivity (Wildman–Crippen MR) is 102 cm³/mol. The summed E-state index contributed by atoms with van der Waals surface area (Å²) in [6.45, 7) is 10.2. The van der Waals surface area contributed by atoms with Crippen molar-refractivity contribution in [1.29, 1.82) is 0 Å². The molecule has 25 heavy (non-hydrogen) atoms. The van der Waals surface area contributed by atoms with Crippen LogP contribution in [0.5, 0.6) is 0 Å². The molecule has 1 fully saturated rings. The summed E-state index contributed by atoms with van der Waals surface area (Å²) in [6.07, 6.45) is 5.88. The molecule has 1 amide bonds.